The average Bonchev–Trinajstić information content (AvgIpc) is 2.59. The van der Waals surface area contributed by atoms with E-state index < -0.39 is 7.92 Å². The van der Waals surface area contributed by atoms with Crippen LogP contribution in [0.2, 0.25) is 0 Å². The molecule has 0 atom stereocenters. The molecule has 0 bridgehead atoms. The van der Waals surface area contributed by atoms with Crippen molar-refractivity contribution >= 4 is 23.8 Å². The van der Waals surface area contributed by atoms with E-state index in [0.717, 1.165) is 0 Å². The van der Waals surface area contributed by atoms with Crippen molar-refractivity contribution in [3.63, 3.8) is 0 Å². The second-order valence-corrected chi connectivity index (χ2v) is 6.85. The van der Waals surface area contributed by atoms with Crippen molar-refractivity contribution < 1.29 is 0 Å². The second kappa shape index (κ2) is 8.83. The maximum Gasteiger partial charge on any atom is -0.00297 e. The van der Waals surface area contributed by atoms with Gasteiger partial charge < -0.3 is 0 Å². The Morgan fingerprint density at radius 2 is 0.818 bits per heavy atom. The highest BCUT2D eigenvalue weighted by Gasteiger charge is 2.14. The predicted octanol–water partition coefficient (Wildman–Crippen LogP) is 4.08. The van der Waals surface area contributed by atoms with Crippen LogP contribution in [0.4, 0.5) is 0 Å². The van der Waals surface area contributed by atoms with Gasteiger partial charge in [0.25, 0.3) is 0 Å². The number of hydrogen-bond donors (Lipinski definition) is 0. The van der Waals surface area contributed by atoms with Crippen LogP contribution >= 0.6 is 7.92 Å². The molecule has 108 valence electrons. The molecular weight excluding hydrogens is 283 g/mol. The van der Waals surface area contributed by atoms with Gasteiger partial charge in [-0.25, -0.2) is 0 Å². The van der Waals surface area contributed by atoms with Crippen LogP contribution in [0.25, 0.3) is 0 Å². The lowest BCUT2D eigenvalue weighted by Crippen LogP contribution is -2.20. The lowest BCUT2D eigenvalue weighted by atomic mass is 10.4. The minimum atomic E-state index is -0.446. The van der Waals surface area contributed by atoms with Gasteiger partial charge in [0.05, 0.1) is 0 Å². The molecule has 3 aromatic rings. The maximum atomic E-state index is 4.60. The van der Waals surface area contributed by atoms with Gasteiger partial charge in [-0.1, -0.05) is 91.0 Å². The molecule has 22 heavy (non-hydrogen) atoms. The van der Waals surface area contributed by atoms with E-state index in [4.69, 9.17) is 0 Å². The van der Waals surface area contributed by atoms with E-state index in [1.165, 1.54) is 15.9 Å². The summed E-state index contributed by atoms with van der Waals surface area (Å²) in [4.78, 5) is 0. The van der Waals surface area contributed by atoms with Crippen LogP contribution in [0.5, 0.6) is 0 Å². The Morgan fingerprint density at radius 1 is 0.591 bits per heavy atom. The van der Waals surface area contributed by atoms with E-state index in [0.29, 0.717) is 0 Å². The molecular formula is C21H19P. The van der Waals surface area contributed by atoms with Gasteiger partial charge in [0.2, 0.25) is 0 Å². The first kappa shape index (κ1) is 16.0. The fourth-order valence-corrected chi connectivity index (χ4v) is 4.48. The molecule has 0 spiro atoms. The summed E-state index contributed by atoms with van der Waals surface area (Å²) in [7, 11) is -0.446. The van der Waals surface area contributed by atoms with Gasteiger partial charge >= 0.3 is 0 Å². The van der Waals surface area contributed by atoms with Crippen LogP contribution < -0.4 is 15.9 Å². The molecule has 1 heteroatoms. The summed E-state index contributed by atoms with van der Waals surface area (Å²) in [6.45, 7) is 1.65. The van der Waals surface area contributed by atoms with Gasteiger partial charge in [-0.2, -0.15) is 0 Å². The monoisotopic (exact) mass is 302 g/mol. The van der Waals surface area contributed by atoms with Crippen LogP contribution in [0.15, 0.2) is 91.0 Å². The molecule has 0 aliphatic heterocycles. The highest BCUT2D eigenvalue weighted by atomic mass is 31.1. The zero-order valence-electron chi connectivity index (χ0n) is 12.7. The first-order chi connectivity index (χ1) is 10.9. The quantitative estimate of drug-likeness (QED) is 0.505. The zero-order chi connectivity index (χ0) is 15.6. The molecule has 0 N–H and O–H groups in total. The molecule has 0 amide bonds. The largest absolute Gasteiger partial charge is 0.120 e. The van der Waals surface area contributed by atoms with Crippen LogP contribution in [-0.2, 0) is 0 Å². The van der Waals surface area contributed by atoms with E-state index in [1.807, 2.05) is 0 Å². The Bertz CT molecular complexity index is 603. The fourth-order valence-electron chi connectivity index (χ4n) is 2.18. The summed E-state index contributed by atoms with van der Waals surface area (Å²) in [6, 6.07) is 32.3. The van der Waals surface area contributed by atoms with Crippen LogP contribution in [-0.4, -0.2) is 0 Å². The van der Waals surface area contributed by atoms with Gasteiger partial charge in [-0.05, 0) is 30.8 Å². The normalized spacial score (nSPS) is 9.50. The van der Waals surface area contributed by atoms with Gasteiger partial charge in [0.1, 0.15) is 0 Å². The maximum absolute atomic E-state index is 4.60. The third-order valence-corrected chi connectivity index (χ3v) is 5.49. The first-order valence-electron chi connectivity index (χ1n) is 7.19. The van der Waals surface area contributed by atoms with Crippen LogP contribution in [0.1, 0.15) is 6.92 Å². The summed E-state index contributed by atoms with van der Waals surface area (Å²) in [6.07, 6.45) is 4.60. The van der Waals surface area contributed by atoms with E-state index in [2.05, 4.69) is 103 Å². The smallest absolute Gasteiger partial charge is 0.00297 e. The lowest BCUT2D eigenvalue weighted by molar-refractivity contribution is 1.74. The third kappa shape index (κ3) is 4.32. The van der Waals surface area contributed by atoms with Crippen molar-refractivity contribution in [2.75, 3.05) is 0 Å². The second-order valence-electron chi connectivity index (χ2n) is 4.63. The van der Waals surface area contributed by atoms with E-state index in [9.17, 15) is 0 Å². The number of rotatable bonds is 3. The molecule has 0 saturated carbocycles. The fraction of sp³-hybridized carbons (Fsp3) is 0.0476. The predicted molar refractivity (Wildman–Crippen MR) is 99.7 cm³/mol. The highest BCUT2D eigenvalue weighted by molar-refractivity contribution is 7.79. The molecule has 0 aliphatic carbocycles. The Balaban J connectivity index is 0.000000545. The van der Waals surface area contributed by atoms with Gasteiger partial charge in [-0.3, -0.25) is 0 Å². The summed E-state index contributed by atoms with van der Waals surface area (Å²) in [5, 5.41) is 4.19. The molecule has 0 radical (unpaired) electrons. The molecule has 0 aromatic heterocycles. The standard InChI is InChI=1S/C18H15P.C3H4/c1-4-10-16(11-5-1)19(17-12-6-2-7-13-17)18-14-8-3-9-15-18;1-3-2/h1-15H;1H,2H3. The molecule has 3 rings (SSSR count). The summed E-state index contributed by atoms with van der Waals surface area (Å²) < 4.78 is 0. The minimum absolute atomic E-state index is 0.446. The molecule has 0 fully saturated rings. The Labute approximate surface area is 134 Å². The van der Waals surface area contributed by atoms with Crippen molar-refractivity contribution in [1.29, 1.82) is 0 Å². The van der Waals surface area contributed by atoms with Crippen molar-refractivity contribution in [3.05, 3.63) is 91.0 Å². The number of terminal acetylenes is 1. The SMILES string of the molecule is C#CC.c1ccc(P(c2ccccc2)c2ccccc2)cc1. The number of benzene rings is 3. The van der Waals surface area contributed by atoms with E-state index in [1.54, 1.807) is 6.92 Å². The zero-order valence-corrected chi connectivity index (χ0v) is 13.6. The Morgan fingerprint density at radius 3 is 1.05 bits per heavy atom. The topological polar surface area (TPSA) is 0 Å². The number of hydrogen-bond acceptors (Lipinski definition) is 0. The van der Waals surface area contributed by atoms with Crippen molar-refractivity contribution in [2.45, 2.75) is 6.92 Å². The van der Waals surface area contributed by atoms with Crippen molar-refractivity contribution in [1.82, 2.24) is 0 Å². The molecule has 0 nitrogen and oxygen atoms in total. The van der Waals surface area contributed by atoms with Crippen molar-refractivity contribution in [3.8, 4) is 12.3 Å². The minimum Gasteiger partial charge on any atom is -0.120 e. The van der Waals surface area contributed by atoms with Crippen LogP contribution in [0.3, 0.4) is 0 Å². The van der Waals surface area contributed by atoms with E-state index >= 15 is 0 Å². The third-order valence-electron chi connectivity index (χ3n) is 3.04. The van der Waals surface area contributed by atoms with Gasteiger partial charge in [0.15, 0.2) is 0 Å². The Hall–Kier alpha value is -2.35. The molecule has 0 aliphatic rings. The molecule has 0 unspecified atom stereocenters. The Kier molecular flexibility index (Phi) is 6.43. The summed E-state index contributed by atoms with van der Waals surface area (Å²) >= 11 is 0. The van der Waals surface area contributed by atoms with Gasteiger partial charge in [-0.15, -0.1) is 12.3 Å². The molecule has 0 heterocycles. The van der Waals surface area contributed by atoms with Crippen LogP contribution in [0, 0.1) is 12.3 Å². The summed E-state index contributed by atoms with van der Waals surface area (Å²) in [5.74, 6) is 2.25. The average molecular weight is 302 g/mol. The lowest BCUT2D eigenvalue weighted by Gasteiger charge is -2.18. The van der Waals surface area contributed by atoms with Gasteiger partial charge in [0, 0.05) is 0 Å². The van der Waals surface area contributed by atoms with Crippen molar-refractivity contribution in [2.24, 2.45) is 0 Å². The van der Waals surface area contributed by atoms with E-state index in [-0.39, 0.29) is 0 Å². The first-order valence-corrected chi connectivity index (χ1v) is 8.53. The molecule has 0 saturated heterocycles. The summed E-state index contributed by atoms with van der Waals surface area (Å²) in [5.41, 5.74) is 0. The molecule has 3 aromatic carbocycles. The highest BCUT2D eigenvalue weighted by Crippen LogP contribution is 2.32.